The largest absolute Gasteiger partial charge is 0.360 e. The highest BCUT2D eigenvalue weighted by Crippen LogP contribution is 2.28. The van der Waals surface area contributed by atoms with Gasteiger partial charge < -0.3 is 4.98 Å². The van der Waals surface area contributed by atoms with Crippen molar-refractivity contribution >= 4 is 51.5 Å². The Kier molecular flexibility index (Phi) is 3.47. The molecule has 0 amide bonds. The first-order chi connectivity index (χ1) is 9.56. The maximum Gasteiger partial charge on any atom is 0.196 e. The molecule has 1 N–H and O–H groups in total. The van der Waals surface area contributed by atoms with Crippen molar-refractivity contribution in [2.24, 2.45) is 0 Å². The average molecular weight is 325 g/mol. The molecule has 0 aliphatic rings. The van der Waals surface area contributed by atoms with E-state index in [0.717, 1.165) is 10.9 Å². The lowest BCUT2D eigenvalue weighted by Crippen LogP contribution is -2.01. The zero-order valence-electron chi connectivity index (χ0n) is 10.1. The van der Waals surface area contributed by atoms with Gasteiger partial charge in [-0.15, -0.1) is 0 Å². The number of ketones is 1. The summed E-state index contributed by atoms with van der Waals surface area (Å²) in [4.78, 5) is 15.6. The smallest absolute Gasteiger partial charge is 0.196 e. The molecular weight excluding hydrogens is 317 g/mol. The van der Waals surface area contributed by atoms with Crippen molar-refractivity contribution in [1.29, 1.82) is 0 Å². The van der Waals surface area contributed by atoms with Crippen LogP contribution in [0.2, 0.25) is 15.1 Å². The molecule has 3 rings (SSSR count). The highest BCUT2D eigenvalue weighted by molar-refractivity contribution is 6.38. The van der Waals surface area contributed by atoms with Gasteiger partial charge in [-0.1, -0.05) is 34.8 Å². The number of nitrogens with one attached hydrogen (secondary N) is 1. The zero-order chi connectivity index (χ0) is 14.3. The van der Waals surface area contributed by atoms with Gasteiger partial charge in [0.15, 0.2) is 5.78 Å². The molecule has 20 heavy (non-hydrogen) atoms. The number of carbonyl (C=O) groups is 1. The molecule has 0 bridgehead atoms. The van der Waals surface area contributed by atoms with Crippen molar-refractivity contribution in [2.75, 3.05) is 0 Å². The van der Waals surface area contributed by atoms with Crippen molar-refractivity contribution in [3.8, 4) is 0 Å². The van der Waals surface area contributed by atoms with Crippen molar-refractivity contribution < 1.29 is 4.79 Å². The van der Waals surface area contributed by atoms with Crippen molar-refractivity contribution in [1.82, 2.24) is 4.98 Å². The van der Waals surface area contributed by atoms with Crippen LogP contribution in [0.5, 0.6) is 0 Å². The average Bonchev–Trinajstić information content (AvgIpc) is 2.81. The molecule has 0 aliphatic heterocycles. The van der Waals surface area contributed by atoms with Crippen LogP contribution in [-0.2, 0) is 0 Å². The SMILES string of the molecule is O=C(c1ccc(Cl)cc1Cl)c1c[nH]c2ccc(Cl)cc12. The fraction of sp³-hybridized carbons (Fsp3) is 0. The first-order valence-electron chi connectivity index (χ1n) is 5.82. The third kappa shape index (κ3) is 2.31. The normalized spacial score (nSPS) is 10.9. The molecule has 5 heteroatoms. The minimum atomic E-state index is -0.166. The quantitative estimate of drug-likeness (QED) is 0.632. The van der Waals surface area contributed by atoms with Crippen LogP contribution in [0.25, 0.3) is 10.9 Å². The molecule has 1 heterocycles. The van der Waals surface area contributed by atoms with E-state index < -0.39 is 0 Å². The van der Waals surface area contributed by atoms with Crippen LogP contribution in [0.15, 0.2) is 42.6 Å². The number of hydrogen-bond donors (Lipinski definition) is 1. The molecular formula is C15H8Cl3NO. The second-order valence-corrected chi connectivity index (χ2v) is 5.63. The standard InChI is InChI=1S/C15H8Cl3NO/c16-8-2-4-14-11(5-8)12(7-19-14)15(20)10-3-1-9(17)6-13(10)18/h1-7,19H. The maximum absolute atomic E-state index is 12.6. The fourth-order valence-corrected chi connectivity index (χ4v) is 2.77. The molecule has 2 nitrogen and oxygen atoms in total. The summed E-state index contributed by atoms with van der Waals surface area (Å²) < 4.78 is 0. The Morgan fingerprint density at radius 2 is 1.60 bits per heavy atom. The van der Waals surface area contributed by atoms with Crippen LogP contribution in [0, 0.1) is 0 Å². The van der Waals surface area contributed by atoms with Gasteiger partial charge in [0.25, 0.3) is 0 Å². The summed E-state index contributed by atoms with van der Waals surface area (Å²) in [5.74, 6) is -0.166. The Balaban J connectivity index is 2.15. The molecule has 2 aromatic carbocycles. The predicted octanol–water partition coefficient (Wildman–Crippen LogP) is 5.36. The molecule has 1 aromatic heterocycles. The lowest BCUT2D eigenvalue weighted by molar-refractivity contribution is 0.104. The van der Waals surface area contributed by atoms with E-state index in [0.29, 0.717) is 26.2 Å². The molecule has 0 atom stereocenters. The minimum absolute atomic E-state index is 0.166. The number of rotatable bonds is 2. The first kappa shape index (κ1) is 13.5. The van der Waals surface area contributed by atoms with Crippen LogP contribution >= 0.6 is 34.8 Å². The number of fused-ring (bicyclic) bond motifs is 1. The summed E-state index contributed by atoms with van der Waals surface area (Å²) in [6.45, 7) is 0. The topological polar surface area (TPSA) is 32.9 Å². The second-order valence-electron chi connectivity index (χ2n) is 4.35. The van der Waals surface area contributed by atoms with Crippen molar-refractivity contribution in [3.63, 3.8) is 0 Å². The lowest BCUT2D eigenvalue weighted by Gasteiger charge is -2.03. The number of halogens is 3. The second kappa shape index (κ2) is 5.13. The van der Waals surface area contributed by atoms with Gasteiger partial charge in [0, 0.05) is 38.3 Å². The molecule has 0 saturated heterocycles. The minimum Gasteiger partial charge on any atom is -0.360 e. The summed E-state index contributed by atoms with van der Waals surface area (Å²) in [5.41, 5.74) is 1.80. The van der Waals surface area contributed by atoms with E-state index in [9.17, 15) is 4.79 Å². The molecule has 0 fully saturated rings. The fourth-order valence-electron chi connectivity index (χ4n) is 2.10. The number of H-pyrrole nitrogens is 1. The van der Waals surface area contributed by atoms with E-state index in [-0.39, 0.29) is 5.78 Å². The van der Waals surface area contributed by atoms with Crippen molar-refractivity contribution in [2.45, 2.75) is 0 Å². The third-order valence-electron chi connectivity index (χ3n) is 3.06. The molecule has 100 valence electrons. The summed E-state index contributed by atoms with van der Waals surface area (Å²) >= 11 is 17.9. The number of carbonyl (C=O) groups excluding carboxylic acids is 1. The Labute approximate surface area is 130 Å². The van der Waals surface area contributed by atoms with Gasteiger partial charge in [-0.25, -0.2) is 0 Å². The lowest BCUT2D eigenvalue weighted by atomic mass is 10.0. The van der Waals surface area contributed by atoms with Gasteiger partial charge in [0.05, 0.1) is 5.02 Å². The van der Waals surface area contributed by atoms with E-state index in [1.807, 2.05) is 6.07 Å². The van der Waals surface area contributed by atoms with Crippen LogP contribution in [0.1, 0.15) is 15.9 Å². The van der Waals surface area contributed by atoms with Crippen molar-refractivity contribution in [3.05, 3.63) is 68.8 Å². The van der Waals surface area contributed by atoms with E-state index >= 15 is 0 Å². The third-order valence-corrected chi connectivity index (χ3v) is 3.85. The molecule has 0 radical (unpaired) electrons. The number of benzene rings is 2. The Morgan fingerprint density at radius 3 is 2.35 bits per heavy atom. The Morgan fingerprint density at radius 1 is 0.900 bits per heavy atom. The Hall–Kier alpha value is -1.48. The number of aromatic nitrogens is 1. The van der Waals surface area contributed by atoms with Gasteiger partial charge in [-0.3, -0.25) is 4.79 Å². The highest BCUT2D eigenvalue weighted by Gasteiger charge is 2.17. The highest BCUT2D eigenvalue weighted by atomic mass is 35.5. The summed E-state index contributed by atoms with van der Waals surface area (Å²) in [6, 6.07) is 10.2. The monoisotopic (exact) mass is 323 g/mol. The summed E-state index contributed by atoms with van der Waals surface area (Å²) in [5, 5.41) is 2.18. The predicted molar refractivity (Wildman–Crippen MR) is 83.2 cm³/mol. The Bertz CT molecular complexity index is 823. The van der Waals surface area contributed by atoms with Gasteiger partial charge >= 0.3 is 0 Å². The molecule has 0 spiro atoms. The van der Waals surface area contributed by atoms with Crippen LogP contribution < -0.4 is 0 Å². The molecule has 0 aliphatic carbocycles. The van der Waals surface area contributed by atoms with Gasteiger partial charge in [0.2, 0.25) is 0 Å². The first-order valence-corrected chi connectivity index (χ1v) is 6.96. The van der Waals surface area contributed by atoms with E-state index in [2.05, 4.69) is 4.98 Å². The van der Waals surface area contributed by atoms with Crippen LogP contribution in [0.3, 0.4) is 0 Å². The van der Waals surface area contributed by atoms with E-state index in [4.69, 9.17) is 34.8 Å². The molecule has 0 unspecified atom stereocenters. The van der Waals surface area contributed by atoms with E-state index in [1.165, 1.54) is 0 Å². The van der Waals surface area contributed by atoms with E-state index in [1.54, 1.807) is 36.5 Å². The molecule has 3 aromatic rings. The van der Waals surface area contributed by atoms with Gasteiger partial charge in [0.1, 0.15) is 0 Å². The van der Waals surface area contributed by atoms with Crippen LogP contribution in [0.4, 0.5) is 0 Å². The van der Waals surface area contributed by atoms with Crippen LogP contribution in [-0.4, -0.2) is 10.8 Å². The summed E-state index contributed by atoms with van der Waals surface area (Å²) in [6.07, 6.45) is 1.66. The number of hydrogen-bond acceptors (Lipinski definition) is 1. The zero-order valence-corrected chi connectivity index (χ0v) is 12.4. The summed E-state index contributed by atoms with van der Waals surface area (Å²) in [7, 11) is 0. The van der Waals surface area contributed by atoms with Gasteiger partial charge in [-0.05, 0) is 36.4 Å². The number of aromatic amines is 1. The maximum atomic E-state index is 12.6. The van der Waals surface area contributed by atoms with Gasteiger partial charge in [-0.2, -0.15) is 0 Å². The molecule has 0 saturated carbocycles.